The van der Waals surface area contributed by atoms with E-state index >= 15 is 0 Å². The average Bonchev–Trinajstić information content (AvgIpc) is 2.54. The Morgan fingerprint density at radius 3 is 2.96 bits per heavy atom. The number of benzene rings is 2. The van der Waals surface area contributed by atoms with E-state index in [1.54, 1.807) is 18.2 Å². The van der Waals surface area contributed by atoms with Crippen molar-refractivity contribution in [3.8, 4) is 11.5 Å². The van der Waals surface area contributed by atoms with Gasteiger partial charge in [-0.05, 0) is 43.3 Å². The highest BCUT2D eigenvalue weighted by Gasteiger charge is 2.15. The van der Waals surface area contributed by atoms with Crippen LogP contribution < -0.4 is 4.74 Å². The van der Waals surface area contributed by atoms with E-state index in [0.717, 1.165) is 26.9 Å². The third kappa shape index (κ3) is 3.46. The summed E-state index contributed by atoms with van der Waals surface area (Å²) in [4.78, 5) is 12.3. The Morgan fingerprint density at radius 2 is 2.13 bits per heavy atom. The number of halogens is 1. The van der Waals surface area contributed by atoms with Gasteiger partial charge < -0.3 is 14.6 Å². The van der Waals surface area contributed by atoms with Crippen molar-refractivity contribution < 1.29 is 19.4 Å². The molecule has 0 amide bonds. The van der Waals surface area contributed by atoms with E-state index in [-0.39, 0.29) is 23.9 Å². The summed E-state index contributed by atoms with van der Waals surface area (Å²) in [6.45, 7) is 2.54. The number of fused-ring (bicyclic) bond motifs is 1. The molecule has 2 aromatic rings. The second-order valence-electron chi connectivity index (χ2n) is 5.31. The first kappa shape index (κ1) is 15.8. The Balaban J connectivity index is 1.92. The number of phenols is 1. The molecule has 1 aliphatic heterocycles. The van der Waals surface area contributed by atoms with Crippen molar-refractivity contribution >= 4 is 27.8 Å². The summed E-state index contributed by atoms with van der Waals surface area (Å²) in [5.74, 6) is 0.440. The first-order valence-electron chi connectivity index (χ1n) is 7.09. The van der Waals surface area contributed by atoms with Crippen molar-refractivity contribution in [3.05, 3.63) is 63.1 Å². The van der Waals surface area contributed by atoms with Crippen molar-refractivity contribution in [2.75, 3.05) is 6.79 Å². The lowest BCUT2D eigenvalue weighted by atomic mass is 10.0. The number of hydrogen-bond donors (Lipinski definition) is 1. The van der Waals surface area contributed by atoms with E-state index in [2.05, 4.69) is 15.9 Å². The third-order valence-electron chi connectivity index (χ3n) is 3.54. The van der Waals surface area contributed by atoms with Crippen LogP contribution in [0.2, 0.25) is 0 Å². The lowest BCUT2D eigenvalue weighted by Crippen LogP contribution is -2.12. The molecule has 0 saturated heterocycles. The molecule has 0 radical (unpaired) electrons. The molecule has 0 aliphatic carbocycles. The largest absolute Gasteiger partial charge is 0.507 e. The number of hydrogen-bond acceptors (Lipinski definition) is 4. The van der Waals surface area contributed by atoms with Gasteiger partial charge in [0.1, 0.15) is 11.5 Å². The van der Waals surface area contributed by atoms with Crippen LogP contribution in [0.4, 0.5) is 0 Å². The molecule has 1 heterocycles. The smallest absolute Gasteiger partial charge is 0.189 e. The summed E-state index contributed by atoms with van der Waals surface area (Å²) >= 11 is 3.44. The summed E-state index contributed by atoms with van der Waals surface area (Å²) < 4.78 is 11.7. The summed E-state index contributed by atoms with van der Waals surface area (Å²) in [7, 11) is 0. The van der Waals surface area contributed by atoms with E-state index < -0.39 is 0 Å². The van der Waals surface area contributed by atoms with Crippen molar-refractivity contribution in [1.29, 1.82) is 0 Å². The van der Waals surface area contributed by atoms with Gasteiger partial charge in [0.2, 0.25) is 0 Å². The number of rotatable bonds is 3. The van der Waals surface area contributed by atoms with Crippen molar-refractivity contribution in [2.24, 2.45) is 0 Å². The number of phenolic OH excluding ortho intramolecular Hbond substituents is 1. The van der Waals surface area contributed by atoms with Crippen molar-refractivity contribution in [3.63, 3.8) is 0 Å². The molecule has 1 aliphatic rings. The first-order valence-corrected chi connectivity index (χ1v) is 7.89. The van der Waals surface area contributed by atoms with Gasteiger partial charge in [-0.2, -0.15) is 0 Å². The molecule has 23 heavy (non-hydrogen) atoms. The minimum Gasteiger partial charge on any atom is -0.507 e. The van der Waals surface area contributed by atoms with E-state index in [0.29, 0.717) is 6.61 Å². The quantitative estimate of drug-likeness (QED) is 0.645. The van der Waals surface area contributed by atoms with Crippen LogP contribution in [0.15, 0.2) is 40.9 Å². The second-order valence-corrected chi connectivity index (χ2v) is 6.23. The molecule has 2 aromatic carbocycles. The van der Waals surface area contributed by atoms with Crippen LogP contribution in [0.5, 0.6) is 11.5 Å². The van der Waals surface area contributed by atoms with Gasteiger partial charge in [-0.1, -0.05) is 27.6 Å². The molecule has 0 spiro atoms. The van der Waals surface area contributed by atoms with Crippen LogP contribution in [0.25, 0.3) is 6.08 Å². The monoisotopic (exact) mass is 374 g/mol. The molecule has 0 aromatic heterocycles. The summed E-state index contributed by atoms with van der Waals surface area (Å²) in [5, 5.41) is 9.84. The van der Waals surface area contributed by atoms with Gasteiger partial charge in [0, 0.05) is 15.6 Å². The molecule has 118 valence electrons. The number of carbonyl (C=O) groups excluding carboxylic acids is 1. The zero-order chi connectivity index (χ0) is 16.4. The van der Waals surface area contributed by atoms with Gasteiger partial charge in [0.15, 0.2) is 12.6 Å². The highest BCUT2D eigenvalue weighted by atomic mass is 79.9. The molecule has 4 nitrogen and oxygen atoms in total. The van der Waals surface area contributed by atoms with E-state index in [9.17, 15) is 9.90 Å². The van der Waals surface area contributed by atoms with Gasteiger partial charge in [-0.15, -0.1) is 0 Å². The standard InChI is InChI=1S/C18H15BrO4/c1-11-2-4-16(20)15(6-11)17(21)5-3-12-7-14(19)8-13-9-22-10-23-18(12)13/h2-8,20H,9-10H2,1H3/b5-3+. The maximum absolute atomic E-state index is 12.3. The zero-order valence-corrected chi connectivity index (χ0v) is 14.1. The van der Waals surface area contributed by atoms with Gasteiger partial charge in [-0.25, -0.2) is 0 Å². The molecule has 0 bridgehead atoms. The van der Waals surface area contributed by atoms with Crippen molar-refractivity contribution in [2.45, 2.75) is 13.5 Å². The highest BCUT2D eigenvalue weighted by molar-refractivity contribution is 9.10. The predicted octanol–water partition coefficient (Wildman–Crippen LogP) is 4.23. The van der Waals surface area contributed by atoms with E-state index in [1.165, 1.54) is 12.1 Å². The Bertz CT molecular complexity index is 796. The average molecular weight is 375 g/mol. The molecule has 0 fully saturated rings. The van der Waals surface area contributed by atoms with E-state index in [1.807, 2.05) is 19.1 Å². The Labute approximate surface area is 142 Å². The number of carbonyl (C=O) groups is 1. The summed E-state index contributed by atoms with van der Waals surface area (Å²) in [6.07, 6.45) is 3.13. The van der Waals surface area contributed by atoms with Crippen molar-refractivity contribution in [1.82, 2.24) is 0 Å². The summed E-state index contributed by atoms with van der Waals surface area (Å²) in [5.41, 5.74) is 2.92. The number of aromatic hydroxyl groups is 1. The number of aryl methyl sites for hydroxylation is 1. The molecule has 0 atom stereocenters. The van der Waals surface area contributed by atoms with Crippen LogP contribution in [-0.4, -0.2) is 17.7 Å². The Hall–Kier alpha value is -2.11. The molecule has 5 heteroatoms. The van der Waals surface area contributed by atoms with Crippen LogP contribution >= 0.6 is 15.9 Å². The fourth-order valence-corrected chi connectivity index (χ4v) is 2.96. The normalized spacial score (nSPS) is 13.7. The molecule has 0 unspecified atom stereocenters. The minimum absolute atomic E-state index is 0.0221. The van der Waals surface area contributed by atoms with Crippen LogP contribution in [0.1, 0.15) is 27.0 Å². The molecule has 3 rings (SSSR count). The Morgan fingerprint density at radius 1 is 1.30 bits per heavy atom. The molecule has 0 saturated carbocycles. The third-order valence-corrected chi connectivity index (χ3v) is 3.99. The topological polar surface area (TPSA) is 55.8 Å². The number of ketones is 1. The maximum atomic E-state index is 12.3. The van der Waals surface area contributed by atoms with Gasteiger partial charge in [0.05, 0.1) is 12.2 Å². The first-order chi connectivity index (χ1) is 11.0. The lowest BCUT2D eigenvalue weighted by molar-refractivity contribution is -0.0165. The zero-order valence-electron chi connectivity index (χ0n) is 12.5. The fraction of sp³-hybridized carbons (Fsp3) is 0.167. The summed E-state index contributed by atoms with van der Waals surface area (Å²) in [6, 6.07) is 8.76. The molecular formula is C18H15BrO4. The minimum atomic E-state index is -0.257. The number of ether oxygens (including phenoxy) is 2. The van der Waals surface area contributed by atoms with Gasteiger partial charge in [-0.3, -0.25) is 4.79 Å². The van der Waals surface area contributed by atoms with Crippen LogP contribution in [0, 0.1) is 6.92 Å². The molecular weight excluding hydrogens is 360 g/mol. The highest BCUT2D eigenvalue weighted by Crippen LogP contribution is 2.32. The van der Waals surface area contributed by atoms with Crippen LogP contribution in [-0.2, 0) is 11.3 Å². The van der Waals surface area contributed by atoms with E-state index in [4.69, 9.17) is 9.47 Å². The Kier molecular flexibility index (Phi) is 4.50. The molecule has 1 N–H and O–H groups in total. The van der Waals surface area contributed by atoms with Crippen LogP contribution in [0.3, 0.4) is 0 Å². The number of allylic oxidation sites excluding steroid dienone is 1. The van der Waals surface area contributed by atoms with Gasteiger partial charge >= 0.3 is 0 Å². The van der Waals surface area contributed by atoms with Gasteiger partial charge in [0.25, 0.3) is 0 Å². The fourth-order valence-electron chi connectivity index (χ4n) is 2.43. The SMILES string of the molecule is Cc1ccc(O)c(C(=O)/C=C/c2cc(Br)cc3c2OCOC3)c1. The predicted molar refractivity (Wildman–Crippen MR) is 90.6 cm³/mol. The second kappa shape index (κ2) is 6.56. The lowest BCUT2D eigenvalue weighted by Gasteiger charge is -2.20. The maximum Gasteiger partial charge on any atom is 0.189 e.